The fourth-order valence-electron chi connectivity index (χ4n) is 2.47. The molecule has 4 rings (SSSR count). The average Bonchev–Trinajstić information content (AvgIpc) is 2.54. The largest absolute Gasteiger partial charge is 0.506 e. The maximum atomic E-state index is 10.2. The second-order valence-corrected chi connectivity index (χ2v) is 5.07. The van der Waals surface area contributed by atoms with Crippen LogP contribution in [0.3, 0.4) is 0 Å². The summed E-state index contributed by atoms with van der Waals surface area (Å²) >= 11 is 0. The molecule has 0 unspecified atom stereocenters. The summed E-state index contributed by atoms with van der Waals surface area (Å²) < 4.78 is 0. The van der Waals surface area contributed by atoms with E-state index in [1.54, 1.807) is 6.07 Å². The molecule has 3 aromatic carbocycles. The van der Waals surface area contributed by atoms with Crippen molar-refractivity contribution >= 4 is 33.4 Å². The molecule has 0 saturated carbocycles. The van der Waals surface area contributed by atoms with Gasteiger partial charge in [0.15, 0.2) is 0 Å². The summed E-state index contributed by atoms with van der Waals surface area (Å²) in [4.78, 5) is 9.06. The molecule has 2 N–H and O–H groups in total. The Morgan fingerprint density at radius 2 is 1.36 bits per heavy atom. The fraction of sp³-hybridized carbons (Fsp3) is 0. The van der Waals surface area contributed by atoms with E-state index in [4.69, 9.17) is 0 Å². The Hall–Kier alpha value is -3.14. The van der Waals surface area contributed by atoms with Gasteiger partial charge in [-0.2, -0.15) is 0 Å². The number of nitrogens with one attached hydrogen (secondary N) is 1. The minimum Gasteiger partial charge on any atom is -0.506 e. The molecule has 0 atom stereocenters. The number of anilines is 2. The molecule has 1 aromatic heterocycles. The first-order valence-electron chi connectivity index (χ1n) is 7.01. The van der Waals surface area contributed by atoms with Crippen molar-refractivity contribution < 1.29 is 5.11 Å². The van der Waals surface area contributed by atoms with Gasteiger partial charge in [0.05, 0.1) is 16.6 Å². The van der Waals surface area contributed by atoms with Crippen molar-refractivity contribution in [1.29, 1.82) is 0 Å². The van der Waals surface area contributed by atoms with Gasteiger partial charge in [-0.15, -0.1) is 0 Å². The predicted octanol–water partition coefficient (Wildman–Crippen LogP) is 4.23. The molecule has 4 aromatic rings. The first kappa shape index (κ1) is 12.6. The van der Waals surface area contributed by atoms with Gasteiger partial charge < -0.3 is 10.4 Å². The number of benzene rings is 3. The molecule has 22 heavy (non-hydrogen) atoms. The van der Waals surface area contributed by atoms with E-state index in [0.29, 0.717) is 11.0 Å². The molecule has 0 bridgehead atoms. The van der Waals surface area contributed by atoms with E-state index in [0.717, 1.165) is 22.4 Å². The molecule has 4 heteroatoms. The van der Waals surface area contributed by atoms with Crippen LogP contribution < -0.4 is 5.32 Å². The third kappa shape index (κ3) is 2.20. The van der Waals surface area contributed by atoms with Crippen LogP contribution in [0.1, 0.15) is 0 Å². The highest BCUT2D eigenvalue weighted by molar-refractivity contribution is 5.92. The average molecular weight is 287 g/mol. The molecule has 0 radical (unpaired) electrons. The summed E-state index contributed by atoms with van der Waals surface area (Å²) in [6, 6.07) is 21.0. The number of rotatable bonds is 2. The number of aromatic hydroxyl groups is 1. The van der Waals surface area contributed by atoms with Crippen molar-refractivity contribution in [3.8, 4) is 5.75 Å². The van der Waals surface area contributed by atoms with Crippen molar-refractivity contribution in [3.05, 3.63) is 66.7 Å². The number of para-hydroxylation sites is 3. The lowest BCUT2D eigenvalue weighted by molar-refractivity contribution is 0.480. The van der Waals surface area contributed by atoms with Crippen molar-refractivity contribution in [2.75, 3.05) is 5.32 Å². The summed E-state index contributed by atoms with van der Waals surface area (Å²) in [7, 11) is 0. The minimum absolute atomic E-state index is 0.120. The van der Waals surface area contributed by atoms with Crippen LogP contribution in [0.5, 0.6) is 5.75 Å². The third-order valence-corrected chi connectivity index (χ3v) is 3.49. The zero-order chi connectivity index (χ0) is 14.9. The van der Waals surface area contributed by atoms with E-state index in [1.807, 2.05) is 60.7 Å². The van der Waals surface area contributed by atoms with Crippen molar-refractivity contribution in [1.82, 2.24) is 9.97 Å². The van der Waals surface area contributed by atoms with Gasteiger partial charge in [-0.25, -0.2) is 9.97 Å². The Balaban J connectivity index is 1.86. The summed E-state index contributed by atoms with van der Waals surface area (Å²) in [6.45, 7) is 0. The first-order valence-corrected chi connectivity index (χ1v) is 7.01. The molecule has 0 aliphatic heterocycles. The van der Waals surface area contributed by atoms with Crippen molar-refractivity contribution in [2.24, 2.45) is 0 Å². The van der Waals surface area contributed by atoms with Crippen LogP contribution in [0.2, 0.25) is 0 Å². The maximum absolute atomic E-state index is 10.2. The molecule has 106 valence electrons. The Kier molecular flexibility index (Phi) is 2.86. The Morgan fingerprint density at radius 3 is 2.14 bits per heavy atom. The number of phenolic OH excluding ortho intramolecular Hbond substituents is 1. The van der Waals surface area contributed by atoms with Gasteiger partial charge >= 0.3 is 0 Å². The normalized spacial score (nSPS) is 10.9. The van der Waals surface area contributed by atoms with Crippen LogP contribution in [-0.4, -0.2) is 15.1 Å². The minimum atomic E-state index is 0.120. The number of aromatic nitrogens is 2. The summed E-state index contributed by atoms with van der Waals surface area (Å²) in [5.74, 6) is 0.120. The molecule has 0 saturated heterocycles. The second kappa shape index (κ2) is 5.00. The molecule has 0 amide bonds. The zero-order valence-electron chi connectivity index (χ0n) is 11.7. The molecule has 0 aliphatic carbocycles. The SMILES string of the molecule is Oc1cc(Nc2ccccc2)cc2nc3ccccc3nc12. The highest BCUT2D eigenvalue weighted by Gasteiger charge is 2.08. The monoisotopic (exact) mass is 287 g/mol. The van der Waals surface area contributed by atoms with Gasteiger partial charge in [-0.1, -0.05) is 30.3 Å². The van der Waals surface area contributed by atoms with Crippen LogP contribution in [-0.2, 0) is 0 Å². The molecule has 4 nitrogen and oxygen atoms in total. The van der Waals surface area contributed by atoms with Gasteiger partial charge in [0.1, 0.15) is 11.3 Å². The molecule has 0 aliphatic rings. The predicted molar refractivity (Wildman–Crippen MR) is 88.4 cm³/mol. The van der Waals surface area contributed by atoms with Crippen molar-refractivity contribution in [3.63, 3.8) is 0 Å². The topological polar surface area (TPSA) is 58.0 Å². The lowest BCUT2D eigenvalue weighted by Gasteiger charge is -2.09. The van der Waals surface area contributed by atoms with E-state index >= 15 is 0 Å². The molecule has 0 spiro atoms. The van der Waals surface area contributed by atoms with Crippen molar-refractivity contribution in [2.45, 2.75) is 0 Å². The van der Waals surface area contributed by atoms with E-state index in [1.165, 1.54) is 0 Å². The van der Waals surface area contributed by atoms with Crippen LogP contribution >= 0.6 is 0 Å². The summed E-state index contributed by atoms with van der Waals surface area (Å²) in [5.41, 5.74) is 4.49. The molecular weight excluding hydrogens is 274 g/mol. The Bertz CT molecular complexity index is 968. The van der Waals surface area contributed by atoms with Gasteiger partial charge in [-0.05, 0) is 30.3 Å². The number of hydrogen-bond donors (Lipinski definition) is 2. The lowest BCUT2D eigenvalue weighted by Crippen LogP contribution is -1.93. The summed E-state index contributed by atoms with van der Waals surface area (Å²) in [6.07, 6.45) is 0. The highest BCUT2D eigenvalue weighted by atomic mass is 16.3. The number of nitrogens with zero attached hydrogens (tertiary/aromatic N) is 2. The smallest absolute Gasteiger partial charge is 0.145 e. The van der Waals surface area contributed by atoms with Crippen LogP contribution in [0.25, 0.3) is 22.1 Å². The fourth-order valence-corrected chi connectivity index (χ4v) is 2.47. The van der Waals surface area contributed by atoms with E-state index in [9.17, 15) is 5.11 Å². The molecule has 0 fully saturated rings. The van der Waals surface area contributed by atoms with Crippen LogP contribution in [0.4, 0.5) is 11.4 Å². The summed E-state index contributed by atoms with van der Waals surface area (Å²) in [5, 5.41) is 13.5. The molecular formula is C18H13N3O. The number of fused-ring (bicyclic) bond motifs is 2. The lowest BCUT2D eigenvalue weighted by atomic mass is 10.2. The highest BCUT2D eigenvalue weighted by Crippen LogP contribution is 2.29. The first-order chi connectivity index (χ1) is 10.8. The quantitative estimate of drug-likeness (QED) is 0.542. The van der Waals surface area contributed by atoms with Gasteiger partial charge in [0, 0.05) is 17.4 Å². The zero-order valence-corrected chi connectivity index (χ0v) is 11.7. The maximum Gasteiger partial charge on any atom is 0.145 e. The second-order valence-electron chi connectivity index (χ2n) is 5.07. The Morgan fingerprint density at radius 1 is 0.682 bits per heavy atom. The Labute approximate surface area is 127 Å². The number of phenols is 1. The third-order valence-electron chi connectivity index (χ3n) is 3.49. The van der Waals surface area contributed by atoms with Gasteiger partial charge in [-0.3, -0.25) is 0 Å². The van der Waals surface area contributed by atoms with E-state index < -0.39 is 0 Å². The van der Waals surface area contributed by atoms with E-state index in [2.05, 4.69) is 15.3 Å². The van der Waals surface area contributed by atoms with Gasteiger partial charge in [0.25, 0.3) is 0 Å². The molecule has 1 heterocycles. The standard InChI is InChI=1S/C18H13N3O/c22-17-11-13(19-12-6-2-1-3-7-12)10-16-18(17)21-15-9-5-4-8-14(15)20-16/h1-11,19,22H. The van der Waals surface area contributed by atoms with Crippen LogP contribution in [0, 0.1) is 0 Å². The number of hydrogen-bond acceptors (Lipinski definition) is 4. The van der Waals surface area contributed by atoms with Crippen LogP contribution in [0.15, 0.2) is 66.7 Å². The van der Waals surface area contributed by atoms with Gasteiger partial charge in [0.2, 0.25) is 0 Å². The van der Waals surface area contributed by atoms with E-state index in [-0.39, 0.29) is 5.75 Å².